The number of hydrogen-bond acceptors (Lipinski definition) is 4. The number of carboxylic acids is 1. The van der Waals surface area contributed by atoms with Crippen molar-refractivity contribution in [2.24, 2.45) is 0 Å². The van der Waals surface area contributed by atoms with Crippen LogP contribution in [0.2, 0.25) is 0 Å². The Labute approximate surface area is 124 Å². The molecule has 0 unspecified atom stereocenters. The number of carboxylic acid groups (broad SMARTS) is 1. The van der Waals surface area contributed by atoms with Gasteiger partial charge in [-0.05, 0) is 25.0 Å². The fraction of sp³-hybridized carbons (Fsp3) is 0.286. The van der Waals surface area contributed by atoms with Gasteiger partial charge in [-0.25, -0.2) is 13.5 Å². The first-order valence-corrected chi connectivity index (χ1v) is 6.48. The van der Waals surface area contributed by atoms with Crippen molar-refractivity contribution in [2.75, 3.05) is 0 Å². The molecule has 0 bridgehead atoms. The summed E-state index contributed by atoms with van der Waals surface area (Å²) in [6, 6.07) is 3.80. The predicted octanol–water partition coefficient (Wildman–Crippen LogP) is 1.09. The SMILES string of the molecule is Cc1nn(CC(=O)O)c(CCc2cccc(F)c2F)nc1=O. The molecule has 22 heavy (non-hydrogen) atoms. The Balaban J connectivity index is 2.28. The number of halogens is 2. The number of aliphatic carboxylic acids is 1. The monoisotopic (exact) mass is 309 g/mol. The van der Waals surface area contributed by atoms with Crippen molar-refractivity contribution >= 4 is 5.97 Å². The molecule has 0 aliphatic carbocycles. The largest absolute Gasteiger partial charge is 0.480 e. The number of carbonyl (C=O) groups is 1. The van der Waals surface area contributed by atoms with Crippen LogP contribution in [0.1, 0.15) is 17.1 Å². The van der Waals surface area contributed by atoms with Crippen LogP contribution in [0, 0.1) is 18.6 Å². The van der Waals surface area contributed by atoms with Crippen molar-refractivity contribution in [3.05, 3.63) is 57.3 Å². The Morgan fingerprint density at radius 2 is 2.05 bits per heavy atom. The van der Waals surface area contributed by atoms with Crippen LogP contribution in [0.5, 0.6) is 0 Å². The van der Waals surface area contributed by atoms with E-state index in [-0.39, 0.29) is 29.9 Å². The minimum Gasteiger partial charge on any atom is -0.480 e. The number of aryl methyl sites for hydroxylation is 3. The molecular formula is C14H13F2N3O3. The van der Waals surface area contributed by atoms with Crippen LogP contribution < -0.4 is 5.56 Å². The lowest BCUT2D eigenvalue weighted by Gasteiger charge is -2.10. The number of rotatable bonds is 5. The van der Waals surface area contributed by atoms with Crippen molar-refractivity contribution < 1.29 is 18.7 Å². The van der Waals surface area contributed by atoms with Crippen LogP contribution in [0.3, 0.4) is 0 Å². The van der Waals surface area contributed by atoms with E-state index < -0.39 is 29.7 Å². The quantitative estimate of drug-likeness (QED) is 0.894. The number of aromatic nitrogens is 3. The molecule has 2 rings (SSSR count). The molecule has 0 saturated heterocycles. The summed E-state index contributed by atoms with van der Waals surface area (Å²) in [6.45, 7) is 0.957. The topological polar surface area (TPSA) is 85.1 Å². The van der Waals surface area contributed by atoms with Crippen LogP contribution >= 0.6 is 0 Å². The third kappa shape index (κ3) is 3.51. The Bertz CT molecular complexity index is 774. The molecule has 0 atom stereocenters. The lowest BCUT2D eigenvalue weighted by Crippen LogP contribution is -2.26. The second-order valence-electron chi connectivity index (χ2n) is 4.68. The van der Waals surface area contributed by atoms with E-state index >= 15 is 0 Å². The van der Waals surface area contributed by atoms with E-state index in [9.17, 15) is 18.4 Å². The van der Waals surface area contributed by atoms with Crippen molar-refractivity contribution in [2.45, 2.75) is 26.3 Å². The Morgan fingerprint density at radius 1 is 1.32 bits per heavy atom. The van der Waals surface area contributed by atoms with E-state index in [0.29, 0.717) is 0 Å². The van der Waals surface area contributed by atoms with Gasteiger partial charge in [-0.15, -0.1) is 0 Å². The first-order valence-electron chi connectivity index (χ1n) is 6.48. The van der Waals surface area contributed by atoms with Crippen molar-refractivity contribution in [3.63, 3.8) is 0 Å². The Morgan fingerprint density at radius 3 is 2.73 bits per heavy atom. The van der Waals surface area contributed by atoms with Crippen molar-refractivity contribution in [1.29, 1.82) is 0 Å². The van der Waals surface area contributed by atoms with Gasteiger partial charge in [0.1, 0.15) is 18.1 Å². The smallest absolute Gasteiger partial charge is 0.325 e. The summed E-state index contributed by atoms with van der Waals surface area (Å²) >= 11 is 0. The van der Waals surface area contributed by atoms with E-state index in [0.717, 1.165) is 10.7 Å². The van der Waals surface area contributed by atoms with Gasteiger partial charge in [0.15, 0.2) is 11.6 Å². The van der Waals surface area contributed by atoms with Gasteiger partial charge < -0.3 is 5.11 Å². The lowest BCUT2D eigenvalue weighted by molar-refractivity contribution is -0.138. The maximum Gasteiger partial charge on any atom is 0.325 e. The lowest BCUT2D eigenvalue weighted by atomic mass is 10.1. The molecule has 0 fully saturated rings. The van der Waals surface area contributed by atoms with Gasteiger partial charge >= 0.3 is 5.97 Å². The van der Waals surface area contributed by atoms with E-state index in [4.69, 9.17) is 5.11 Å². The minimum atomic E-state index is -1.14. The zero-order valence-corrected chi connectivity index (χ0v) is 11.7. The molecule has 0 radical (unpaired) electrons. The summed E-state index contributed by atoms with van der Waals surface area (Å²) in [6.07, 6.45) is 0.135. The normalized spacial score (nSPS) is 10.7. The molecule has 2 aromatic rings. The summed E-state index contributed by atoms with van der Waals surface area (Å²) in [5, 5.41) is 12.7. The van der Waals surface area contributed by atoms with Crippen LogP contribution in [0.25, 0.3) is 0 Å². The molecule has 0 spiro atoms. The van der Waals surface area contributed by atoms with Crippen LogP contribution in [0.15, 0.2) is 23.0 Å². The molecule has 0 saturated carbocycles. The average molecular weight is 309 g/mol. The molecule has 0 aliphatic rings. The second-order valence-corrected chi connectivity index (χ2v) is 4.68. The molecule has 8 heteroatoms. The highest BCUT2D eigenvalue weighted by atomic mass is 19.2. The molecule has 0 aliphatic heterocycles. The minimum absolute atomic E-state index is 0.0656. The number of benzene rings is 1. The Hall–Kier alpha value is -2.64. The molecule has 1 heterocycles. The third-order valence-electron chi connectivity index (χ3n) is 3.04. The van der Waals surface area contributed by atoms with Gasteiger partial charge in [-0.2, -0.15) is 10.1 Å². The fourth-order valence-electron chi connectivity index (χ4n) is 1.97. The fourth-order valence-corrected chi connectivity index (χ4v) is 1.97. The first kappa shape index (κ1) is 15.7. The van der Waals surface area contributed by atoms with E-state index in [1.165, 1.54) is 19.1 Å². The summed E-state index contributed by atoms with van der Waals surface area (Å²) in [5.74, 6) is -2.96. The molecule has 116 valence electrons. The van der Waals surface area contributed by atoms with Crippen LogP contribution in [-0.4, -0.2) is 25.8 Å². The average Bonchev–Trinajstić information content (AvgIpc) is 2.44. The van der Waals surface area contributed by atoms with E-state index in [1.54, 1.807) is 0 Å². The highest BCUT2D eigenvalue weighted by molar-refractivity contribution is 5.66. The molecule has 6 nitrogen and oxygen atoms in total. The van der Waals surface area contributed by atoms with Gasteiger partial charge in [-0.3, -0.25) is 9.59 Å². The van der Waals surface area contributed by atoms with Gasteiger partial charge in [0.2, 0.25) is 0 Å². The third-order valence-corrected chi connectivity index (χ3v) is 3.04. The second kappa shape index (κ2) is 6.42. The molecule has 1 aromatic heterocycles. The van der Waals surface area contributed by atoms with Crippen LogP contribution in [0.4, 0.5) is 8.78 Å². The molecular weight excluding hydrogens is 296 g/mol. The summed E-state index contributed by atoms with van der Waals surface area (Å²) in [4.78, 5) is 26.1. The van der Waals surface area contributed by atoms with Gasteiger partial charge in [-0.1, -0.05) is 12.1 Å². The highest BCUT2D eigenvalue weighted by Gasteiger charge is 2.13. The van der Waals surface area contributed by atoms with Gasteiger partial charge in [0, 0.05) is 6.42 Å². The van der Waals surface area contributed by atoms with E-state index in [1.807, 2.05) is 0 Å². The predicted molar refractivity (Wildman–Crippen MR) is 72.4 cm³/mol. The summed E-state index contributed by atoms with van der Waals surface area (Å²) in [7, 11) is 0. The van der Waals surface area contributed by atoms with Gasteiger partial charge in [0.25, 0.3) is 5.56 Å². The first-order chi connectivity index (χ1) is 10.4. The maximum absolute atomic E-state index is 13.6. The standard InChI is InChI=1S/C14H13F2N3O3/c1-8-14(22)17-11(19(18-8)7-12(20)21)6-5-9-3-2-4-10(15)13(9)16/h2-4H,5-7H2,1H3,(H,20,21). The highest BCUT2D eigenvalue weighted by Crippen LogP contribution is 2.13. The van der Waals surface area contributed by atoms with Gasteiger partial charge in [0.05, 0.1) is 0 Å². The number of hydrogen-bond donors (Lipinski definition) is 1. The zero-order chi connectivity index (χ0) is 16.3. The molecule has 1 N–H and O–H groups in total. The zero-order valence-electron chi connectivity index (χ0n) is 11.7. The van der Waals surface area contributed by atoms with Crippen LogP contribution in [-0.2, 0) is 24.2 Å². The van der Waals surface area contributed by atoms with E-state index in [2.05, 4.69) is 10.1 Å². The van der Waals surface area contributed by atoms with Crippen molar-refractivity contribution in [1.82, 2.24) is 14.8 Å². The Kier molecular flexibility index (Phi) is 4.59. The molecule has 1 aromatic carbocycles. The summed E-state index contributed by atoms with van der Waals surface area (Å²) in [5.41, 5.74) is -0.380. The molecule has 0 amide bonds. The number of nitrogens with zero attached hydrogens (tertiary/aromatic N) is 3. The van der Waals surface area contributed by atoms with Crippen molar-refractivity contribution in [3.8, 4) is 0 Å². The maximum atomic E-state index is 13.6. The summed E-state index contributed by atoms with van der Waals surface area (Å²) < 4.78 is 27.8.